The molecule has 0 aliphatic carbocycles. The van der Waals surface area contributed by atoms with Crippen molar-refractivity contribution in [3.05, 3.63) is 72.0 Å². The van der Waals surface area contributed by atoms with Crippen LogP contribution in [-0.2, 0) is 16.6 Å². The molecule has 9 heteroatoms. The van der Waals surface area contributed by atoms with Gasteiger partial charge in [-0.05, 0) is 56.3 Å². The summed E-state index contributed by atoms with van der Waals surface area (Å²) in [7, 11) is -3.68. The first-order chi connectivity index (χ1) is 14.8. The number of nitrogens with zero attached hydrogens (tertiary/aromatic N) is 1. The van der Waals surface area contributed by atoms with E-state index in [0.717, 1.165) is 15.2 Å². The van der Waals surface area contributed by atoms with Gasteiger partial charge in [0.2, 0.25) is 10.0 Å². The topological polar surface area (TPSA) is 101 Å². The fraction of sp³-hybridized carbons (Fsp3) is 0.182. The molecule has 1 amide bonds. The SMILES string of the molecule is CC(C)NS(=O)(=O)c1cccc(C(=O)NCc2ccc(-c3nc4ccccc4s3)o2)c1. The Bertz CT molecular complexity index is 1310. The van der Waals surface area contributed by atoms with Crippen LogP contribution in [-0.4, -0.2) is 25.4 Å². The van der Waals surface area contributed by atoms with Crippen molar-refractivity contribution >= 4 is 37.5 Å². The molecule has 4 rings (SSSR count). The van der Waals surface area contributed by atoms with Crippen LogP contribution in [0.15, 0.2) is 70.0 Å². The van der Waals surface area contributed by atoms with Gasteiger partial charge in [-0.2, -0.15) is 0 Å². The summed E-state index contributed by atoms with van der Waals surface area (Å²) in [6.07, 6.45) is 0. The molecule has 2 aromatic carbocycles. The molecular weight excluding hydrogens is 434 g/mol. The Morgan fingerprint density at radius 3 is 2.68 bits per heavy atom. The molecule has 0 saturated carbocycles. The predicted molar refractivity (Wildman–Crippen MR) is 120 cm³/mol. The average molecular weight is 456 g/mol. The highest BCUT2D eigenvalue weighted by Crippen LogP contribution is 2.31. The number of amides is 1. The molecule has 7 nitrogen and oxygen atoms in total. The molecule has 0 fully saturated rings. The molecule has 0 radical (unpaired) electrons. The highest BCUT2D eigenvalue weighted by Gasteiger charge is 2.17. The lowest BCUT2D eigenvalue weighted by Crippen LogP contribution is -2.30. The molecule has 0 atom stereocenters. The summed E-state index contributed by atoms with van der Waals surface area (Å²) in [4.78, 5) is 17.1. The Morgan fingerprint density at radius 2 is 1.90 bits per heavy atom. The third kappa shape index (κ3) is 4.84. The molecular formula is C22H21N3O4S2. The van der Waals surface area contributed by atoms with Gasteiger partial charge in [0.1, 0.15) is 5.76 Å². The second-order valence-corrected chi connectivity index (χ2v) is 9.98. The molecule has 4 aromatic rings. The number of nitrogens with one attached hydrogen (secondary N) is 2. The number of aromatic nitrogens is 1. The summed E-state index contributed by atoms with van der Waals surface area (Å²) in [6.45, 7) is 3.64. The maximum atomic E-state index is 12.5. The maximum absolute atomic E-state index is 12.5. The summed E-state index contributed by atoms with van der Waals surface area (Å²) in [5.41, 5.74) is 1.17. The number of hydrogen-bond donors (Lipinski definition) is 2. The number of thiazole rings is 1. The zero-order valence-corrected chi connectivity index (χ0v) is 18.6. The number of carbonyl (C=O) groups is 1. The maximum Gasteiger partial charge on any atom is 0.251 e. The van der Waals surface area contributed by atoms with Gasteiger partial charge in [-0.25, -0.2) is 18.1 Å². The number of hydrogen-bond acceptors (Lipinski definition) is 6. The third-order valence-corrected chi connectivity index (χ3v) is 7.09. The fourth-order valence-corrected chi connectivity index (χ4v) is 5.24. The first-order valence-electron chi connectivity index (χ1n) is 9.67. The first kappa shape index (κ1) is 21.2. The van der Waals surface area contributed by atoms with E-state index in [1.54, 1.807) is 32.0 Å². The lowest BCUT2D eigenvalue weighted by Gasteiger charge is -2.10. The monoisotopic (exact) mass is 455 g/mol. The van der Waals surface area contributed by atoms with Gasteiger partial charge in [-0.3, -0.25) is 4.79 Å². The van der Waals surface area contributed by atoms with E-state index < -0.39 is 10.0 Å². The minimum Gasteiger partial charge on any atom is -0.457 e. The van der Waals surface area contributed by atoms with Gasteiger partial charge in [0.25, 0.3) is 5.91 Å². The van der Waals surface area contributed by atoms with E-state index in [1.165, 1.54) is 23.5 Å². The molecule has 0 bridgehead atoms. The van der Waals surface area contributed by atoms with Gasteiger partial charge >= 0.3 is 0 Å². The van der Waals surface area contributed by atoms with E-state index in [9.17, 15) is 13.2 Å². The Morgan fingerprint density at radius 1 is 1.10 bits per heavy atom. The van der Waals surface area contributed by atoms with Crippen molar-refractivity contribution in [3.63, 3.8) is 0 Å². The number of benzene rings is 2. The summed E-state index contributed by atoms with van der Waals surface area (Å²) in [5, 5.41) is 3.53. The summed E-state index contributed by atoms with van der Waals surface area (Å²) < 4.78 is 34.1. The van der Waals surface area contributed by atoms with Crippen LogP contribution in [0.1, 0.15) is 30.0 Å². The molecule has 2 heterocycles. The van der Waals surface area contributed by atoms with Gasteiger partial charge in [-0.1, -0.05) is 18.2 Å². The molecule has 31 heavy (non-hydrogen) atoms. The van der Waals surface area contributed by atoms with E-state index in [2.05, 4.69) is 15.0 Å². The molecule has 0 aliphatic rings. The second-order valence-electron chi connectivity index (χ2n) is 7.24. The van der Waals surface area contributed by atoms with Gasteiger partial charge in [0.05, 0.1) is 21.7 Å². The molecule has 2 N–H and O–H groups in total. The molecule has 0 saturated heterocycles. The number of para-hydroxylation sites is 1. The highest BCUT2D eigenvalue weighted by atomic mass is 32.2. The van der Waals surface area contributed by atoms with Crippen molar-refractivity contribution < 1.29 is 17.6 Å². The largest absolute Gasteiger partial charge is 0.457 e. The van der Waals surface area contributed by atoms with Crippen LogP contribution in [0.25, 0.3) is 21.0 Å². The Balaban J connectivity index is 1.44. The minimum absolute atomic E-state index is 0.0463. The summed E-state index contributed by atoms with van der Waals surface area (Å²) in [6, 6.07) is 17.1. The molecule has 0 unspecified atom stereocenters. The zero-order chi connectivity index (χ0) is 22.0. The summed E-state index contributed by atoms with van der Waals surface area (Å²) >= 11 is 1.54. The minimum atomic E-state index is -3.68. The smallest absolute Gasteiger partial charge is 0.251 e. The second kappa shape index (κ2) is 8.62. The third-order valence-electron chi connectivity index (χ3n) is 4.39. The van der Waals surface area contributed by atoms with Crippen LogP contribution in [0, 0.1) is 0 Å². The molecule has 2 aromatic heterocycles. The standard InChI is InChI=1S/C22H21N3O4S2/c1-14(2)25-31(27,28)17-7-5-6-15(12-17)21(26)23-13-16-10-11-19(29-16)22-24-18-8-3-4-9-20(18)30-22/h3-12,14,25H,13H2,1-2H3,(H,23,26). The van der Waals surface area contributed by atoms with Crippen molar-refractivity contribution in [2.24, 2.45) is 0 Å². The number of furan rings is 1. The van der Waals surface area contributed by atoms with Gasteiger partial charge in [0.15, 0.2) is 10.8 Å². The van der Waals surface area contributed by atoms with Gasteiger partial charge in [-0.15, -0.1) is 11.3 Å². The predicted octanol–water partition coefficient (Wildman–Crippen LogP) is 4.17. The average Bonchev–Trinajstić information content (AvgIpc) is 3.38. The number of sulfonamides is 1. The van der Waals surface area contributed by atoms with E-state index in [4.69, 9.17) is 4.42 Å². The van der Waals surface area contributed by atoms with E-state index in [1.807, 2.05) is 30.3 Å². The fourth-order valence-electron chi connectivity index (χ4n) is 3.02. The number of fused-ring (bicyclic) bond motifs is 1. The van der Waals surface area contributed by atoms with Crippen LogP contribution >= 0.6 is 11.3 Å². The quantitative estimate of drug-likeness (QED) is 0.435. The highest BCUT2D eigenvalue weighted by molar-refractivity contribution is 7.89. The van der Waals surface area contributed by atoms with Crippen LogP contribution in [0.3, 0.4) is 0 Å². The van der Waals surface area contributed by atoms with Crippen molar-refractivity contribution in [1.29, 1.82) is 0 Å². The Kier molecular flexibility index (Phi) is 5.90. The zero-order valence-electron chi connectivity index (χ0n) is 17.0. The number of carbonyl (C=O) groups excluding carboxylic acids is 1. The normalized spacial score (nSPS) is 11.8. The van der Waals surface area contributed by atoms with Crippen LogP contribution in [0.4, 0.5) is 0 Å². The van der Waals surface area contributed by atoms with Gasteiger partial charge < -0.3 is 9.73 Å². The van der Waals surface area contributed by atoms with Crippen molar-refractivity contribution in [1.82, 2.24) is 15.0 Å². The van der Waals surface area contributed by atoms with Gasteiger partial charge in [0, 0.05) is 11.6 Å². The van der Waals surface area contributed by atoms with E-state index >= 15 is 0 Å². The lowest BCUT2D eigenvalue weighted by atomic mass is 10.2. The van der Waals surface area contributed by atoms with Crippen molar-refractivity contribution in [2.75, 3.05) is 0 Å². The molecule has 160 valence electrons. The van der Waals surface area contributed by atoms with Crippen LogP contribution < -0.4 is 10.0 Å². The van der Waals surface area contributed by atoms with E-state index in [-0.39, 0.29) is 29.0 Å². The first-order valence-corrected chi connectivity index (χ1v) is 12.0. The van der Waals surface area contributed by atoms with Crippen molar-refractivity contribution in [3.8, 4) is 10.8 Å². The molecule has 0 spiro atoms. The molecule has 0 aliphatic heterocycles. The van der Waals surface area contributed by atoms with Crippen molar-refractivity contribution in [2.45, 2.75) is 31.3 Å². The Hall–Kier alpha value is -3.01. The van der Waals surface area contributed by atoms with Crippen LogP contribution in [0.2, 0.25) is 0 Å². The summed E-state index contributed by atoms with van der Waals surface area (Å²) in [5.74, 6) is 0.825. The van der Waals surface area contributed by atoms with Crippen LogP contribution in [0.5, 0.6) is 0 Å². The Labute approximate surface area is 184 Å². The lowest BCUT2D eigenvalue weighted by molar-refractivity contribution is 0.0948. The van der Waals surface area contributed by atoms with E-state index in [0.29, 0.717) is 11.5 Å². The number of rotatable bonds is 7.